The van der Waals surface area contributed by atoms with E-state index in [1.54, 1.807) is 23.1 Å². The van der Waals surface area contributed by atoms with Gasteiger partial charge in [-0.25, -0.2) is 4.79 Å². The molecule has 6 unspecified atom stereocenters. The zero-order valence-corrected chi connectivity index (χ0v) is 29.4. The van der Waals surface area contributed by atoms with E-state index < -0.39 is 23.5 Å². The van der Waals surface area contributed by atoms with Crippen LogP contribution < -0.4 is 5.32 Å². The van der Waals surface area contributed by atoms with Crippen LogP contribution in [0.2, 0.25) is 0 Å². The summed E-state index contributed by atoms with van der Waals surface area (Å²) in [6.07, 6.45) is 14.8. The van der Waals surface area contributed by atoms with Crippen LogP contribution in [0.15, 0.2) is 71.7 Å². The summed E-state index contributed by atoms with van der Waals surface area (Å²) in [5.74, 6) is -0.317. The van der Waals surface area contributed by atoms with E-state index in [2.05, 4.69) is 23.7 Å². The van der Waals surface area contributed by atoms with Gasteiger partial charge in [0.1, 0.15) is 11.9 Å². The molecule has 0 bridgehead atoms. The summed E-state index contributed by atoms with van der Waals surface area (Å²) in [6, 6.07) is -0.886. The number of nitrogens with one attached hydrogen (secondary N) is 1. The lowest BCUT2D eigenvalue weighted by molar-refractivity contribution is -0.150. The van der Waals surface area contributed by atoms with E-state index in [0.717, 1.165) is 24.0 Å². The molecule has 9 atom stereocenters. The summed E-state index contributed by atoms with van der Waals surface area (Å²) in [6.45, 7) is 14.6. The Hall–Kier alpha value is -3.35. The molecule has 2 saturated carbocycles. The van der Waals surface area contributed by atoms with Gasteiger partial charge in [0.25, 0.3) is 0 Å². The largest absolute Gasteiger partial charge is 0.423 e. The molecule has 49 heavy (non-hydrogen) atoms. The number of hydrogen-bond donors (Lipinski definition) is 3. The van der Waals surface area contributed by atoms with Crippen LogP contribution in [0.5, 0.6) is 0 Å². The van der Waals surface area contributed by atoms with Crippen LogP contribution in [0.25, 0.3) is 0 Å². The van der Waals surface area contributed by atoms with Gasteiger partial charge in [-0.15, -0.1) is 0 Å². The standard InChI is InChI=1S/C38H52N4O7/c1-7-30-35(46)42-21-25(8-11-33(42)40(30)6)18-27-19-26(36(47)49-27)9-10-28-23(2)29(39-24(3)34(45)41-14-16-48-17-15-41)20-31-37(28,4)13-12-32(44)38(31,5)22-43/h8-11,18-19,21,24,28-33,39,43-44H,2,7,12-17,20,22H2,1,3-6H3/b10-9+,27-18+/t24?,28?,29?,30?,31?,32-,33?,37-,38+/m1/s1. The van der Waals surface area contributed by atoms with Crippen LogP contribution in [0.3, 0.4) is 0 Å². The van der Waals surface area contributed by atoms with Crippen LogP contribution in [0.4, 0.5) is 0 Å². The van der Waals surface area contributed by atoms with Gasteiger partial charge in [0.15, 0.2) is 0 Å². The predicted molar refractivity (Wildman–Crippen MR) is 184 cm³/mol. The van der Waals surface area contributed by atoms with Crippen molar-refractivity contribution in [3.63, 3.8) is 0 Å². The minimum absolute atomic E-state index is 0.00745. The molecule has 0 spiro atoms. The Morgan fingerprint density at radius 3 is 2.67 bits per heavy atom. The van der Waals surface area contributed by atoms with E-state index >= 15 is 0 Å². The molecule has 11 heteroatoms. The second kappa shape index (κ2) is 13.8. The number of nitrogens with zero attached hydrogens (tertiary/aromatic N) is 3. The number of hydrogen-bond acceptors (Lipinski definition) is 9. The molecule has 266 valence electrons. The van der Waals surface area contributed by atoms with Crippen LogP contribution >= 0.6 is 0 Å². The average Bonchev–Trinajstić information content (AvgIpc) is 3.56. The Labute approximate surface area is 289 Å². The van der Waals surface area contributed by atoms with E-state index in [1.165, 1.54) is 0 Å². The average molecular weight is 677 g/mol. The highest BCUT2D eigenvalue weighted by Gasteiger charge is 2.59. The Bertz CT molecular complexity index is 1520. The molecule has 0 aromatic rings. The van der Waals surface area contributed by atoms with E-state index in [1.807, 2.05) is 57.1 Å². The molecule has 0 aromatic carbocycles. The lowest BCUT2D eigenvalue weighted by atomic mass is 9.45. The highest BCUT2D eigenvalue weighted by Crippen LogP contribution is 2.61. The zero-order chi connectivity index (χ0) is 35.2. The Balaban J connectivity index is 1.25. The summed E-state index contributed by atoms with van der Waals surface area (Å²) in [5.41, 5.74) is 0.957. The van der Waals surface area contributed by atoms with Crippen molar-refractivity contribution in [2.75, 3.05) is 40.0 Å². The maximum atomic E-state index is 13.4. The molecule has 2 aliphatic carbocycles. The van der Waals surface area contributed by atoms with Crippen LogP contribution in [0.1, 0.15) is 53.4 Å². The number of carbonyl (C=O) groups is 3. The lowest BCUT2D eigenvalue weighted by Gasteiger charge is -2.61. The normalized spacial score (nSPS) is 38.1. The van der Waals surface area contributed by atoms with Crippen LogP contribution in [-0.4, -0.2) is 113 Å². The summed E-state index contributed by atoms with van der Waals surface area (Å²) in [5, 5.41) is 25.4. The lowest BCUT2D eigenvalue weighted by Crippen LogP contribution is -2.62. The predicted octanol–water partition coefficient (Wildman–Crippen LogP) is 2.80. The molecule has 0 radical (unpaired) electrons. The van der Waals surface area contributed by atoms with Gasteiger partial charge in [-0.3, -0.25) is 24.7 Å². The zero-order valence-electron chi connectivity index (χ0n) is 29.4. The highest BCUT2D eigenvalue weighted by molar-refractivity contribution is 5.95. The fourth-order valence-electron chi connectivity index (χ4n) is 9.17. The van der Waals surface area contributed by atoms with Crippen molar-refractivity contribution < 1.29 is 34.1 Å². The first-order chi connectivity index (χ1) is 23.3. The van der Waals surface area contributed by atoms with Crippen LogP contribution in [-0.2, 0) is 23.9 Å². The number of amides is 2. The van der Waals surface area contributed by atoms with Gasteiger partial charge in [-0.1, -0.05) is 51.2 Å². The van der Waals surface area contributed by atoms with Gasteiger partial charge in [0.05, 0.1) is 43.6 Å². The first-order valence-electron chi connectivity index (χ1n) is 17.7. The van der Waals surface area contributed by atoms with Crippen molar-refractivity contribution in [2.45, 2.75) is 83.8 Å². The number of fused-ring (bicyclic) bond motifs is 2. The fraction of sp³-hybridized carbons (Fsp3) is 0.605. The van der Waals surface area contributed by atoms with Gasteiger partial charge in [-0.2, -0.15) is 0 Å². The highest BCUT2D eigenvalue weighted by atomic mass is 16.5. The number of morpholine rings is 1. The summed E-state index contributed by atoms with van der Waals surface area (Å²) >= 11 is 0. The topological polar surface area (TPSA) is 132 Å². The first kappa shape index (κ1) is 35.5. The van der Waals surface area contributed by atoms with Crippen LogP contribution in [0, 0.1) is 22.7 Å². The minimum Gasteiger partial charge on any atom is -0.423 e. The van der Waals surface area contributed by atoms with Gasteiger partial charge in [-0.05, 0) is 74.8 Å². The van der Waals surface area contributed by atoms with E-state index in [-0.39, 0.29) is 53.9 Å². The van der Waals surface area contributed by atoms with Crippen molar-refractivity contribution in [2.24, 2.45) is 22.7 Å². The molecule has 11 nitrogen and oxygen atoms in total. The maximum Gasteiger partial charge on any atom is 0.343 e. The van der Waals surface area contributed by atoms with Crippen molar-refractivity contribution in [3.05, 3.63) is 71.7 Å². The number of carbonyl (C=O) groups excluding carboxylic acids is 3. The summed E-state index contributed by atoms with van der Waals surface area (Å²) in [4.78, 5) is 45.0. The van der Waals surface area contributed by atoms with Gasteiger partial charge in [0.2, 0.25) is 11.8 Å². The molecular formula is C38H52N4O7. The molecule has 0 aromatic heterocycles. The quantitative estimate of drug-likeness (QED) is 0.263. The third-order valence-electron chi connectivity index (χ3n) is 12.2. The molecule has 6 aliphatic rings. The molecule has 4 aliphatic heterocycles. The van der Waals surface area contributed by atoms with E-state index in [4.69, 9.17) is 9.47 Å². The second-order valence-corrected chi connectivity index (χ2v) is 15.1. The first-order valence-corrected chi connectivity index (χ1v) is 17.7. The minimum atomic E-state index is -0.748. The van der Waals surface area contributed by atoms with Gasteiger partial charge in [0, 0.05) is 36.7 Å². The fourth-order valence-corrected chi connectivity index (χ4v) is 9.17. The monoisotopic (exact) mass is 676 g/mol. The van der Waals surface area contributed by atoms with E-state index in [0.29, 0.717) is 50.5 Å². The van der Waals surface area contributed by atoms with Crippen molar-refractivity contribution in [3.8, 4) is 0 Å². The number of allylic oxidation sites excluding steroid dienone is 5. The third kappa shape index (κ3) is 6.29. The van der Waals surface area contributed by atoms with Crippen molar-refractivity contribution in [1.82, 2.24) is 20.0 Å². The van der Waals surface area contributed by atoms with Crippen molar-refractivity contribution in [1.29, 1.82) is 0 Å². The number of rotatable bonds is 8. The molecule has 4 heterocycles. The number of ether oxygens (including phenoxy) is 2. The van der Waals surface area contributed by atoms with Crippen molar-refractivity contribution >= 4 is 17.8 Å². The number of esters is 1. The number of cyclic esters (lactones) is 1. The smallest absolute Gasteiger partial charge is 0.343 e. The Morgan fingerprint density at radius 2 is 1.98 bits per heavy atom. The second-order valence-electron chi connectivity index (χ2n) is 15.1. The summed E-state index contributed by atoms with van der Waals surface area (Å²) in [7, 11) is 1.95. The maximum absolute atomic E-state index is 13.4. The SMILES string of the molecule is C=C1C(NC(C)C(=O)N2CCOCC2)CC2[C@](C)(CC[C@@H](O)[C@@]2(C)CO)C1/C=C/C1=CC(=C\C2=CN3C(=O)C(CC)N(C)C3C=C2)/OC1=O. The third-order valence-corrected chi connectivity index (χ3v) is 12.2. The molecular weight excluding hydrogens is 624 g/mol. The van der Waals surface area contributed by atoms with E-state index in [9.17, 15) is 24.6 Å². The Morgan fingerprint density at radius 1 is 1.24 bits per heavy atom. The number of aliphatic hydroxyl groups excluding tert-OH is 2. The Kier molecular flexibility index (Phi) is 9.96. The molecule has 4 fully saturated rings. The molecule has 2 saturated heterocycles. The number of likely N-dealkylation sites (N-methyl/N-ethyl adjacent to an activating group) is 1. The van der Waals surface area contributed by atoms with Gasteiger partial charge >= 0.3 is 5.97 Å². The molecule has 2 amide bonds. The summed E-state index contributed by atoms with van der Waals surface area (Å²) < 4.78 is 11.1. The number of aliphatic hydroxyl groups is 2. The molecule has 6 rings (SSSR count). The molecule has 3 N–H and O–H groups in total. The van der Waals surface area contributed by atoms with Gasteiger partial charge < -0.3 is 24.6 Å².